The summed E-state index contributed by atoms with van der Waals surface area (Å²) in [6.45, 7) is 11.8. The molecule has 0 aliphatic rings. The minimum atomic E-state index is 0.277. The van der Waals surface area contributed by atoms with Gasteiger partial charge < -0.3 is 9.84 Å². The van der Waals surface area contributed by atoms with Gasteiger partial charge in [0.25, 0.3) is 0 Å². The molecule has 0 aromatic heterocycles. The molecule has 0 amide bonds. The van der Waals surface area contributed by atoms with Crippen LogP contribution in [0.25, 0.3) is 0 Å². The molecular weight excluding hydrogens is 296 g/mol. The fourth-order valence-corrected chi connectivity index (χ4v) is 2.84. The predicted molar refractivity (Wildman–Crippen MR) is 101 cm³/mol. The third-order valence-corrected chi connectivity index (χ3v) is 4.42. The van der Waals surface area contributed by atoms with Crippen molar-refractivity contribution in [3.05, 3.63) is 59.7 Å². The van der Waals surface area contributed by atoms with Crippen molar-refractivity contribution >= 4 is 0 Å². The van der Waals surface area contributed by atoms with E-state index in [0.29, 0.717) is 24.2 Å². The van der Waals surface area contributed by atoms with Crippen LogP contribution in [0.5, 0.6) is 11.5 Å². The number of phenols is 1. The normalized spacial score (nSPS) is 14.2. The van der Waals surface area contributed by atoms with Gasteiger partial charge in [0.05, 0.1) is 6.61 Å². The molecule has 2 nitrogen and oxygen atoms in total. The molecule has 1 N–H and O–H groups in total. The van der Waals surface area contributed by atoms with Crippen molar-refractivity contribution in [1.82, 2.24) is 0 Å². The summed E-state index contributed by atoms with van der Waals surface area (Å²) in [5.41, 5.74) is 2.82. The molecule has 2 atom stereocenters. The average Bonchev–Trinajstić information content (AvgIpc) is 2.51. The van der Waals surface area contributed by atoms with E-state index in [4.69, 9.17) is 4.74 Å². The predicted octanol–water partition coefficient (Wildman–Crippen LogP) is 5.80. The monoisotopic (exact) mass is 326 g/mol. The van der Waals surface area contributed by atoms with Crippen LogP contribution in [0.4, 0.5) is 0 Å². The first-order chi connectivity index (χ1) is 11.2. The van der Waals surface area contributed by atoms with E-state index in [1.807, 2.05) is 18.2 Å². The van der Waals surface area contributed by atoms with Gasteiger partial charge in [-0.05, 0) is 59.1 Å². The highest BCUT2D eigenvalue weighted by atomic mass is 16.5. The van der Waals surface area contributed by atoms with E-state index >= 15 is 0 Å². The van der Waals surface area contributed by atoms with Crippen molar-refractivity contribution in [2.24, 2.45) is 11.3 Å². The summed E-state index contributed by atoms with van der Waals surface area (Å²) >= 11 is 0. The topological polar surface area (TPSA) is 29.5 Å². The Labute approximate surface area is 146 Å². The van der Waals surface area contributed by atoms with Gasteiger partial charge in [-0.25, -0.2) is 0 Å². The van der Waals surface area contributed by atoms with Crippen LogP contribution >= 0.6 is 0 Å². The molecule has 2 heteroatoms. The van der Waals surface area contributed by atoms with Crippen molar-refractivity contribution in [1.29, 1.82) is 0 Å². The molecule has 2 rings (SSSR count). The third kappa shape index (κ3) is 5.59. The Morgan fingerprint density at radius 1 is 1.00 bits per heavy atom. The second-order valence-corrected chi connectivity index (χ2v) is 8.05. The van der Waals surface area contributed by atoms with E-state index in [-0.39, 0.29) is 5.41 Å². The van der Waals surface area contributed by atoms with Gasteiger partial charge in [0, 0.05) is 0 Å². The first-order valence-electron chi connectivity index (χ1n) is 8.75. The Morgan fingerprint density at radius 3 is 2.29 bits per heavy atom. The largest absolute Gasteiger partial charge is 0.508 e. The molecular formula is C22H30O2. The lowest BCUT2D eigenvalue weighted by Crippen LogP contribution is -2.15. The Bertz CT molecular complexity index is 638. The average molecular weight is 326 g/mol. The maximum Gasteiger partial charge on any atom is 0.119 e. The Balaban J connectivity index is 1.94. The molecule has 0 saturated heterocycles. The smallest absolute Gasteiger partial charge is 0.119 e. The van der Waals surface area contributed by atoms with Gasteiger partial charge in [-0.3, -0.25) is 0 Å². The van der Waals surface area contributed by atoms with Crippen LogP contribution in [0.2, 0.25) is 0 Å². The first kappa shape index (κ1) is 18.4. The fraction of sp³-hybridized carbons (Fsp3) is 0.455. The molecule has 0 heterocycles. The van der Waals surface area contributed by atoms with E-state index < -0.39 is 0 Å². The molecule has 2 aromatic rings. The first-order valence-corrected chi connectivity index (χ1v) is 8.75. The molecule has 0 bridgehead atoms. The molecule has 130 valence electrons. The van der Waals surface area contributed by atoms with E-state index in [1.54, 1.807) is 12.1 Å². The molecule has 2 aromatic carbocycles. The Hall–Kier alpha value is -1.96. The number of aromatic hydroxyl groups is 1. The number of phenolic OH excluding ortho intramolecular Hbond substituents is 1. The number of hydrogen-bond acceptors (Lipinski definition) is 2. The van der Waals surface area contributed by atoms with Gasteiger partial charge in [0.15, 0.2) is 0 Å². The maximum atomic E-state index is 9.41. The molecule has 0 radical (unpaired) electrons. The lowest BCUT2D eigenvalue weighted by molar-refractivity contribution is 0.241. The highest BCUT2D eigenvalue weighted by Crippen LogP contribution is 2.27. The lowest BCUT2D eigenvalue weighted by atomic mass is 9.88. The van der Waals surface area contributed by atoms with Crippen molar-refractivity contribution in [2.75, 3.05) is 6.61 Å². The Morgan fingerprint density at radius 2 is 1.67 bits per heavy atom. The summed E-state index contributed by atoms with van der Waals surface area (Å²) < 4.78 is 6.04. The SMILES string of the molecule is CC(COc1cccc(CC(C)(C)C)c1)C(C)c1ccc(O)cc1. The standard InChI is InChI=1S/C22H30O2/c1-16(17(2)19-9-11-20(23)12-10-19)15-24-21-8-6-7-18(13-21)14-22(3,4)5/h6-13,16-17,23H,14-15H2,1-5H3. The van der Waals surface area contributed by atoms with Gasteiger partial charge >= 0.3 is 0 Å². The van der Waals surface area contributed by atoms with Gasteiger partial charge in [-0.2, -0.15) is 0 Å². The lowest BCUT2D eigenvalue weighted by Gasteiger charge is -2.22. The molecule has 0 aliphatic carbocycles. The van der Waals surface area contributed by atoms with Crippen LogP contribution in [0.15, 0.2) is 48.5 Å². The van der Waals surface area contributed by atoms with Crippen molar-refractivity contribution in [3.63, 3.8) is 0 Å². The Kier molecular flexibility index (Phi) is 5.93. The van der Waals surface area contributed by atoms with Crippen molar-refractivity contribution < 1.29 is 9.84 Å². The minimum absolute atomic E-state index is 0.277. The zero-order valence-corrected chi connectivity index (χ0v) is 15.5. The summed E-state index contributed by atoms with van der Waals surface area (Å²) in [7, 11) is 0. The highest BCUT2D eigenvalue weighted by Gasteiger charge is 2.16. The zero-order chi connectivity index (χ0) is 17.7. The van der Waals surface area contributed by atoms with Gasteiger partial charge in [-0.15, -0.1) is 0 Å². The van der Waals surface area contributed by atoms with Gasteiger partial charge in [0.1, 0.15) is 11.5 Å². The summed E-state index contributed by atoms with van der Waals surface area (Å²) in [4.78, 5) is 0. The summed E-state index contributed by atoms with van der Waals surface area (Å²) in [6.07, 6.45) is 1.05. The quantitative estimate of drug-likeness (QED) is 0.727. The molecule has 0 spiro atoms. The van der Waals surface area contributed by atoms with Crippen molar-refractivity contribution in [3.8, 4) is 11.5 Å². The van der Waals surface area contributed by atoms with Crippen LogP contribution in [0, 0.1) is 11.3 Å². The highest BCUT2D eigenvalue weighted by molar-refractivity contribution is 5.30. The van der Waals surface area contributed by atoms with Crippen LogP contribution in [0.1, 0.15) is 51.7 Å². The summed E-state index contributed by atoms with van der Waals surface area (Å²) in [5, 5.41) is 9.41. The third-order valence-electron chi connectivity index (χ3n) is 4.42. The molecule has 24 heavy (non-hydrogen) atoms. The maximum absolute atomic E-state index is 9.41. The van der Waals surface area contributed by atoms with Crippen LogP contribution in [-0.4, -0.2) is 11.7 Å². The summed E-state index contributed by atoms with van der Waals surface area (Å²) in [6, 6.07) is 15.9. The van der Waals surface area contributed by atoms with E-state index in [0.717, 1.165) is 12.2 Å². The molecule has 0 aliphatic heterocycles. The second-order valence-electron chi connectivity index (χ2n) is 8.05. The van der Waals surface area contributed by atoms with Crippen molar-refractivity contribution in [2.45, 2.75) is 47.0 Å². The minimum Gasteiger partial charge on any atom is -0.508 e. The molecule has 2 unspecified atom stereocenters. The second kappa shape index (κ2) is 7.74. The van der Waals surface area contributed by atoms with E-state index in [9.17, 15) is 5.11 Å². The number of hydrogen-bond donors (Lipinski definition) is 1. The number of ether oxygens (including phenoxy) is 1. The molecule has 0 saturated carbocycles. The van der Waals surface area contributed by atoms with E-state index in [1.165, 1.54) is 11.1 Å². The number of benzene rings is 2. The van der Waals surface area contributed by atoms with Crippen LogP contribution in [-0.2, 0) is 6.42 Å². The van der Waals surface area contributed by atoms with Crippen LogP contribution < -0.4 is 4.74 Å². The molecule has 0 fully saturated rings. The summed E-state index contributed by atoms with van der Waals surface area (Å²) in [5.74, 6) is 2.02. The van der Waals surface area contributed by atoms with Gasteiger partial charge in [-0.1, -0.05) is 58.9 Å². The number of rotatable bonds is 6. The van der Waals surface area contributed by atoms with Gasteiger partial charge in [0.2, 0.25) is 0 Å². The fourth-order valence-electron chi connectivity index (χ4n) is 2.84. The van der Waals surface area contributed by atoms with E-state index in [2.05, 4.69) is 52.8 Å². The zero-order valence-electron chi connectivity index (χ0n) is 15.5. The van der Waals surface area contributed by atoms with Crippen LogP contribution in [0.3, 0.4) is 0 Å².